The summed E-state index contributed by atoms with van der Waals surface area (Å²) in [5.74, 6) is -0.921. The van der Waals surface area contributed by atoms with Crippen molar-refractivity contribution in [3.63, 3.8) is 0 Å². The molecule has 0 aliphatic carbocycles. The van der Waals surface area contributed by atoms with Crippen molar-refractivity contribution in [2.24, 2.45) is 0 Å². The second-order valence-corrected chi connectivity index (χ2v) is 11.8. The van der Waals surface area contributed by atoms with Crippen LogP contribution in [0.5, 0.6) is 0 Å². The summed E-state index contributed by atoms with van der Waals surface area (Å²) < 4.78 is 26.5. The van der Waals surface area contributed by atoms with Crippen LogP contribution in [0.3, 0.4) is 0 Å². The monoisotopic (exact) mass is 575 g/mol. The molecule has 2 amide bonds. The van der Waals surface area contributed by atoms with Gasteiger partial charge in [-0.25, -0.2) is 8.42 Å². The molecule has 0 spiro atoms. The molecule has 198 valence electrons. The maximum absolute atomic E-state index is 13.8. The molecule has 2 aromatic rings. The molecule has 0 radical (unpaired) electrons. The Balaban J connectivity index is 2.55. The van der Waals surface area contributed by atoms with Gasteiger partial charge >= 0.3 is 0 Å². The number of aryl methyl sites for hydroxylation is 1. The lowest BCUT2D eigenvalue weighted by Crippen LogP contribution is -2.53. The lowest BCUT2D eigenvalue weighted by atomic mass is 10.1. The number of rotatable bonds is 11. The average Bonchev–Trinajstić information content (AvgIpc) is 2.79. The molecule has 2 rings (SSSR count). The summed E-state index contributed by atoms with van der Waals surface area (Å²) >= 11 is 18.9. The van der Waals surface area contributed by atoms with Gasteiger partial charge in [0.1, 0.15) is 12.6 Å². The molecule has 2 aromatic carbocycles. The van der Waals surface area contributed by atoms with Crippen LogP contribution in [0.1, 0.15) is 44.7 Å². The summed E-state index contributed by atoms with van der Waals surface area (Å²) in [5, 5.41) is 3.92. The van der Waals surface area contributed by atoms with Crippen molar-refractivity contribution >= 4 is 62.3 Å². The number of benzene rings is 2. The van der Waals surface area contributed by atoms with E-state index in [0.717, 1.165) is 10.6 Å². The summed E-state index contributed by atoms with van der Waals surface area (Å²) in [7, 11) is -3.88. The molecule has 1 N–H and O–H groups in total. The van der Waals surface area contributed by atoms with Crippen LogP contribution in [0.15, 0.2) is 36.4 Å². The summed E-state index contributed by atoms with van der Waals surface area (Å²) in [6, 6.07) is 8.80. The van der Waals surface area contributed by atoms with E-state index < -0.39 is 28.5 Å². The van der Waals surface area contributed by atoms with E-state index in [4.69, 9.17) is 34.8 Å². The summed E-state index contributed by atoms with van der Waals surface area (Å²) in [5.41, 5.74) is 1.37. The van der Waals surface area contributed by atoms with Crippen LogP contribution in [0.25, 0.3) is 0 Å². The highest BCUT2D eigenvalue weighted by atomic mass is 35.5. The highest BCUT2D eigenvalue weighted by Gasteiger charge is 2.33. The van der Waals surface area contributed by atoms with Gasteiger partial charge in [0.25, 0.3) is 0 Å². The first-order valence-corrected chi connectivity index (χ1v) is 14.5. The zero-order chi connectivity index (χ0) is 27.2. The number of amides is 2. The molecule has 36 heavy (non-hydrogen) atoms. The molecule has 7 nitrogen and oxygen atoms in total. The van der Waals surface area contributed by atoms with Gasteiger partial charge in [0.15, 0.2) is 0 Å². The van der Waals surface area contributed by atoms with Gasteiger partial charge in [-0.05, 0) is 56.5 Å². The van der Waals surface area contributed by atoms with Crippen LogP contribution < -0.4 is 9.62 Å². The molecule has 0 bridgehead atoms. The zero-order valence-corrected chi connectivity index (χ0v) is 24.1. The van der Waals surface area contributed by atoms with Crippen LogP contribution in [-0.4, -0.2) is 50.0 Å². The van der Waals surface area contributed by atoms with Crippen LogP contribution in [0.4, 0.5) is 5.69 Å². The van der Waals surface area contributed by atoms with Crippen molar-refractivity contribution in [1.29, 1.82) is 0 Å². The average molecular weight is 577 g/mol. The zero-order valence-electron chi connectivity index (χ0n) is 21.0. The Kier molecular flexibility index (Phi) is 10.9. The van der Waals surface area contributed by atoms with Gasteiger partial charge in [-0.2, -0.15) is 0 Å². The van der Waals surface area contributed by atoms with Crippen molar-refractivity contribution < 1.29 is 18.0 Å². The van der Waals surface area contributed by atoms with Gasteiger partial charge in [0.2, 0.25) is 21.8 Å². The molecule has 11 heteroatoms. The van der Waals surface area contributed by atoms with E-state index >= 15 is 0 Å². The minimum atomic E-state index is -3.88. The minimum Gasteiger partial charge on any atom is -0.352 e. The molecule has 0 unspecified atom stereocenters. The number of carbonyl (C=O) groups is 2. The maximum atomic E-state index is 13.8. The Morgan fingerprint density at radius 2 is 1.64 bits per heavy atom. The van der Waals surface area contributed by atoms with E-state index in [0.29, 0.717) is 39.0 Å². The van der Waals surface area contributed by atoms with Crippen LogP contribution in [-0.2, 0) is 26.2 Å². The van der Waals surface area contributed by atoms with Gasteiger partial charge < -0.3 is 10.2 Å². The van der Waals surface area contributed by atoms with E-state index in [1.165, 1.54) is 11.0 Å². The predicted molar refractivity (Wildman–Crippen MR) is 147 cm³/mol. The van der Waals surface area contributed by atoms with Crippen LogP contribution in [0.2, 0.25) is 15.1 Å². The lowest BCUT2D eigenvalue weighted by Gasteiger charge is -2.34. The Morgan fingerprint density at radius 1 is 1.03 bits per heavy atom. The molecular formula is C25H32Cl3N3O4S. The summed E-state index contributed by atoms with van der Waals surface area (Å²) in [6.07, 6.45) is 2.02. The Hall–Kier alpha value is -2.00. The van der Waals surface area contributed by atoms with E-state index in [1.807, 2.05) is 13.8 Å². The van der Waals surface area contributed by atoms with Gasteiger partial charge in [-0.1, -0.05) is 60.8 Å². The van der Waals surface area contributed by atoms with Crippen molar-refractivity contribution in [2.45, 2.75) is 59.2 Å². The normalized spacial score (nSPS) is 13.1. The SMILES string of the molecule is CC[C@@H](C)NC(=O)[C@H](CC)N(Cc1c(Cl)cccc1Cl)C(=O)CN(c1cc(Cl)ccc1C)S(C)(=O)=O. The number of halogens is 3. The molecule has 0 aliphatic rings. The quantitative estimate of drug-likeness (QED) is 0.386. The number of nitrogens with zero attached hydrogens (tertiary/aromatic N) is 2. The molecule has 0 saturated heterocycles. The highest BCUT2D eigenvalue weighted by Crippen LogP contribution is 2.29. The fraction of sp³-hybridized carbons (Fsp3) is 0.440. The Labute approximate surface area is 228 Å². The van der Waals surface area contributed by atoms with Crippen molar-refractivity contribution in [3.05, 3.63) is 62.6 Å². The standard InChI is InChI=1S/C25H32Cl3N3O4S/c1-6-17(4)29-25(33)22(7-2)30(14-19-20(27)9-8-10-21(19)28)24(32)15-31(36(5,34)35)23-13-18(26)12-11-16(23)3/h8-13,17,22H,6-7,14-15H2,1-5H3,(H,29,33)/t17-,22+/m1/s1. The highest BCUT2D eigenvalue weighted by molar-refractivity contribution is 7.92. The van der Waals surface area contributed by atoms with Crippen LogP contribution >= 0.6 is 34.8 Å². The second-order valence-electron chi connectivity index (χ2n) is 8.66. The first kappa shape index (κ1) is 30.2. The van der Waals surface area contributed by atoms with Crippen LogP contribution in [0, 0.1) is 6.92 Å². The fourth-order valence-electron chi connectivity index (χ4n) is 3.66. The summed E-state index contributed by atoms with van der Waals surface area (Å²) in [4.78, 5) is 28.3. The number of anilines is 1. The second kappa shape index (κ2) is 13.0. The molecule has 0 aliphatic heterocycles. The number of sulfonamides is 1. The Bertz CT molecular complexity index is 1190. The molecular weight excluding hydrogens is 545 g/mol. The van der Waals surface area contributed by atoms with Gasteiger partial charge in [0.05, 0.1) is 11.9 Å². The largest absolute Gasteiger partial charge is 0.352 e. The van der Waals surface area contributed by atoms with E-state index in [-0.39, 0.29) is 24.2 Å². The van der Waals surface area contributed by atoms with Crippen molar-refractivity contribution in [3.8, 4) is 0 Å². The first-order valence-electron chi connectivity index (χ1n) is 11.6. The van der Waals surface area contributed by atoms with E-state index in [1.54, 1.807) is 44.2 Å². The number of hydrogen-bond donors (Lipinski definition) is 1. The third-order valence-corrected chi connectivity index (χ3v) is 7.97. The predicted octanol–water partition coefficient (Wildman–Crippen LogP) is 5.44. The van der Waals surface area contributed by atoms with Crippen molar-refractivity contribution in [2.75, 3.05) is 17.1 Å². The van der Waals surface area contributed by atoms with Gasteiger partial charge in [0, 0.05) is 33.2 Å². The molecule has 0 saturated carbocycles. The Morgan fingerprint density at radius 3 is 2.17 bits per heavy atom. The third kappa shape index (κ3) is 7.75. The van der Waals surface area contributed by atoms with Crippen molar-refractivity contribution in [1.82, 2.24) is 10.2 Å². The molecule has 0 fully saturated rings. The lowest BCUT2D eigenvalue weighted by molar-refractivity contribution is -0.140. The number of hydrogen-bond acceptors (Lipinski definition) is 4. The number of carbonyl (C=O) groups excluding carboxylic acids is 2. The number of nitrogens with one attached hydrogen (secondary N) is 1. The van der Waals surface area contributed by atoms with Gasteiger partial charge in [-0.3, -0.25) is 13.9 Å². The van der Waals surface area contributed by atoms with E-state index in [9.17, 15) is 18.0 Å². The smallest absolute Gasteiger partial charge is 0.244 e. The molecule has 0 aromatic heterocycles. The maximum Gasteiger partial charge on any atom is 0.244 e. The molecule has 2 atom stereocenters. The fourth-order valence-corrected chi connectivity index (χ4v) is 5.24. The van der Waals surface area contributed by atoms with E-state index in [2.05, 4.69) is 5.32 Å². The molecule has 0 heterocycles. The summed E-state index contributed by atoms with van der Waals surface area (Å²) in [6.45, 7) is 6.71. The van der Waals surface area contributed by atoms with Gasteiger partial charge in [-0.15, -0.1) is 0 Å². The minimum absolute atomic E-state index is 0.0735. The first-order chi connectivity index (χ1) is 16.8. The topological polar surface area (TPSA) is 86.8 Å². The third-order valence-electron chi connectivity index (χ3n) is 5.90.